The number of hydrogen-bond donors (Lipinski definition) is 0. The first kappa shape index (κ1) is 14.2. The summed E-state index contributed by atoms with van der Waals surface area (Å²) in [7, 11) is 3.28. The van der Waals surface area contributed by atoms with Gasteiger partial charge >= 0.3 is 6.03 Å². The van der Waals surface area contributed by atoms with E-state index in [1.54, 1.807) is 38.4 Å². The van der Waals surface area contributed by atoms with Gasteiger partial charge in [-0.3, -0.25) is 4.79 Å². The van der Waals surface area contributed by atoms with Crippen molar-refractivity contribution >= 4 is 18.1 Å². The van der Waals surface area contributed by atoms with Gasteiger partial charge in [-0.2, -0.15) is 0 Å². The monoisotopic (exact) mass is 250 g/mol. The van der Waals surface area contributed by atoms with E-state index in [1.807, 2.05) is 6.07 Å². The summed E-state index contributed by atoms with van der Waals surface area (Å²) in [5, 5.41) is 0. The van der Waals surface area contributed by atoms with Crippen LogP contribution in [0.4, 0.5) is 10.5 Å². The van der Waals surface area contributed by atoms with E-state index >= 15 is 0 Å². The summed E-state index contributed by atoms with van der Waals surface area (Å²) in [6, 6.07) is 8.49. The standard InChI is InChI=1S/C13H18N2O3/c1-14(9-6-10-18-2)13(17)15(11-16)12-7-4-3-5-8-12/h3-5,7-8,11H,6,9-10H2,1-2H3. The Bertz CT molecular complexity index is 381. The first-order valence-corrected chi connectivity index (χ1v) is 5.74. The molecule has 0 saturated carbocycles. The van der Waals surface area contributed by atoms with Crippen molar-refractivity contribution in [3.63, 3.8) is 0 Å². The molecule has 3 amide bonds. The van der Waals surface area contributed by atoms with Crippen LogP contribution in [0.3, 0.4) is 0 Å². The molecule has 0 aliphatic carbocycles. The van der Waals surface area contributed by atoms with Crippen molar-refractivity contribution in [3.8, 4) is 0 Å². The fourth-order valence-corrected chi connectivity index (χ4v) is 1.53. The lowest BCUT2D eigenvalue weighted by atomic mass is 10.3. The number of benzene rings is 1. The molecule has 5 heteroatoms. The zero-order valence-corrected chi connectivity index (χ0v) is 10.7. The molecule has 5 nitrogen and oxygen atoms in total. The van der Waals surface area contributed by atoms with Crippen LogP contribution in [0.2, 0.25) is 0 Å². The normalized spacial score (nSPS) is 9.89. The summed E-state index contributed by atoms with van der Waals surface area (Å²) in [6.07, 6.45) is 1.27. The van der Waals surface area contributed by atoms with E-state index in [4.69, 9.17) is 4.74 Å². The molecular formula is C13H18N2O3. The van der Waals surface area contributed by atoms with Gasteiger partial charge in [0.2, 0.25) is 6.41 Å². The van der Waals surface area contributed by atoms with Gasteiger partial charge < -0.3 is 9.64 Å². The summed E-state index contributed by atoms with van der Waals surface area (Å²) >= 11 is 0. The highest BCUT2D eigenvalue weighted by Crippen LogP contribution is 2.13. The molecule has 0 unspecified atom stereocenters. The van der Waals surface area contributed by atoms with Crippen LogP contribution < -0.4 is 4.90 Å². The van der Waals surface area contributed by atoms with Gasteiger partial charge in [0.25, 0.3) is 0 Å². The van der Waals surface area contributed by atoms with Gasteiger partial charge in [0.15, 0.2) is 0 Å². The molecule has 0 saturated heterocycles. The van der Waals surface area contributed by atoms with Gasteiger partial charge in [0, 0.05) is 27.3 Å². The Hall–Kier alpha value is -1.88. The maximum absolute atomic E-state index is 12.0. The van der Waals surface area contributed by atoms with Gasteiger partial charge in [-0.15, -0.1) is 0 Å². The maximum atomic E-state index is 12.0. The van der Waals surface area contributed by atoms with Crippen LogP contribution in [0, 0.1) is 0 Å². The average molecular weight is 250 g/mol. The molecule has 0 bridgehead atoms. The molecule has 1 rings (SSSR count). The van der Waals surface area contributed by atoms with Crippen LogP contribution in [0.15, 0.2) is 30.3 Å². The minimum atomic E-state index is -0.340. The average Bonchev–Trinajstić information content (AvgIpc) is 2.41. The fourth-order valence-electron chi connectivity index (χ4n) is 1.53. The second-order valence-corrected chi connectivity index (χ2v) is 3.86. The first-order chi connectivity index (χ1) is 8.70. The quantitative estimate of drug-likeness (QED) is 0.570. The number of ether oxygens (including phenoxy) is 1. The maximum Gasteiger partial charge on any atom is 0.330 e. The van der Waals surface area contributed by atoms with Crippen molar-refractivity contribution in [3.05, 3.63) is 30.3 Å². The van der Waals surface area contributed by atoms with E-state index in [2.05, 4.69) is 0 Å². The first-order valence-electron chi connectivity index (χ1n) is 5.74. The number of anilines is 1. The molecule has 0 fully saturated rings. The Balaban J connectivity index is 2.65. The lowest BCUT2D eigenvalue weighted by Gasteiger charge is -2.23. The summed E-state index contributed by atoms with van der Waals surface area (Å²) in [4.78, 5) is 25.7. The third-order valence-corrected chi connectivity index (χ3v) is 2.51. The Kier molecular flexibility index (Phi) is 5.87. The van der Waals surface area contributed by atoms with E-state index in [0.29, 0.717) is 25.2 Å². The number of nitrogens with zero attached hydrogens (tertiary/aromatic N) is 2. The molecule has 1 aromatic rings. The lowest BCUT2D eigenvalue weighted by molar-refractivity contribution is -0.107. The van der Waals surface area contributed by atoms with E-state index in [0.717, 1.165) is 11.3 Å². The number of carbonyl (C=O) groups excluding carboxylic acids is 2. The summed E-state index contributed by atoms with van der Waals surface area (Å²) in [5.41, 5.74) is 0.566. The van der Waals surface area contributed by atoms with E-state index < -0.39 is 0 Å². The Labute approximate surface area is 107 Å². The Morgan fingerprint density at radius 1 is 1.33 bits per heavy atom. The molecule has 1 aromatic carbocycles. The smallest absolute Gasteiger partial charge is 0.330 e. The fraction of sp³-hybridized carbons (Fsp3) is 0.385. The molecule has 0 aliphatic heterocycles. The lowest BCUT2D eigenvalue weighted by Crippen LogP contribution is -2.41. The van der Waals surface area contributed by atoms with Gasteiger partial charge in [-0.05, 0) is 18.6 Å². The van der Waals surface area contributed by atoms with Crippen LogP contribution in [0.25, 0.3) is 0 Å². The Morgan fingerprint density at radius 3 is 2.56 bits per heavy atom. The number of para-hydroxylation sites is 1. The topological polar surface area (TPSA) is 49.9 Å². The minimum Gasteiger partial charge on any atom is -0.385 e. The van der Waals surface area contributed by atoms with E-state index in [9.17, 15) is 9.59 Å². The number of rotatable bonds is 6. The van der Waals surface area contributed by atoms with Crippen molar-refractivity contribution in [1.82, 2.24) is 4.90 Å². The third-order valence-electron chi connectivity index (χ3n) is 2.51. The second-order valence-electron chi connectivity index (χ2n) is 3.86. The number of urea groups is 1. The molecular weight excluding hydrogens is 232 g/mol. The highest BCUT2D eigenvalue weighted by atomic mass is 16.5. The number of carbonyl (C=O) groups is 2. The van der Waals surface area contributed by atoms with Crippen LogP contribution >= 0.6 is 0 Å². The van der Waals surface area contributed by atoms with Crippen LogP contribution in [0.5, 0.6) is 0 Å². The van der Waals surface area contributed by atoms with Crippen LogP contribution in [-0.4, -0.2) is 44.7 Å². The van der Waals surface area contributed by atoms with Gasteiger partial charge in [-0.1, -0.05) is 18.2 Å². The van der Waals surface area contributed by atoms with Gasteiger partial charge in [0.05, 0.1) is 5.69 Å². The molecule has 0 aromatic heterocycles. The van der Waals surface area contributed by atoms with Crippen molar-refractivity contribution in [1.29, 1.82) is 0 Å². The van der Waals surface area contributed by atoms with Crippen molar-refractivity contribution in [2.24, 2.45) is 0 Å². The number of hydrogen-bond acceptors (Lipinski definition) is 3. The number of amides is 3. The molecule has 18 heavy (non-hydrogen) atoms. The predicted octanol–water partition coefficient (Wildman–Crippen LogP) is 1.74. The highest BCUT2D eigenvalue weighted by Gasteiger charge is 2.18. The summed E-state index contributed by atoms with van der Waals surface area (Å²) in [5.74, 6) is 0. The van der Waals surface area contributed by atoms with Gasteiger partial charge in [-0.25, -0.2) is 9.69 Å². The van der Waals surface area contributed by atoms with Crippen LogP contribution in [0.1, 0.15) is 6.42 Å². The number of imide groups is 1. The molecule has 0 radical (unpaired) electrons. The molecule has 0 N–H and O–H groups in total. The molecule has 0 atom stereocenters. The van der Waals surface area contributed by atoms with Crippen molar-refractivity contribution < 1.29 is 14.3 Å². The number of methoxy groups -OCH3 is 1. The molecule has 98 valence electrons. The Morgan fingerprint density at radius 2 is 2.00 bits per heavy atom. The second kappa shape index (κ2) is 7.45. The molecule has 0 aliphatic rings. The highest BCUT2D eigenvalue weighted by molar-refractivity contribution is 6.05. The van der Waals surface area contributed by atoms with Crippen molar-refractivity contribution in [2.75, 3.05) is 32.2 Å². The predicted molar refractivity (Wildman–Crippen MR) is 69.5 cm³/mol. The minimum absolute atomic E-state index is 0.340. The molecule has 0 spiro atoms. The van der Waals surface area contributed by atoms with E-state index in [-0.39, 0.29) is 6.03 Å². The SMILES string of the molecule is COCCCN(C)C(=O)N(C=O)c1ccccc1. The van der Waals surface area contributed by atoms with E-state index in [1.165, 1.54) is 4.90 Å². The van der Waals surface area contributed by atoms with Gasteiger partial charge in [0.1, 0.15) is 0 Å². The zero-order chi connectivity index (χ0) is 13.4. The van der Waals surface area contributed by atoms with Crippen LogP contribution in [-0.2, 0) is 9.53 Å². The summed E-state index contributed by atoms with van der Waals surface area (Å²) < 4.78 is 4.92. The van der Waals surface area contributed by atoms with Crippen molar-refractivity contribution in [2.45, 2.75) is 6.42 Å². The summed E-state index contributed by atoms with van der Waals surface area (Å²) in [6.45, 7) is 1.13. The zero-order valence-electron chi connectivity index (χ0n) is 10.7. The largest absolute Gasteiger partial charge is 0.385 e. The third kappa shape index (κ3) is 3.85. The molecule has 0 heterocycles.